The third-order valence-corrected chi connectivity index (χ3v) is 4.23. The fraction of sp³-hybridized carbons (Fsp3) is 0.316. The van der Waals surface area contributed by atoms with E-state index in [1.165, 1.54) is 5.56 Å². The minimum Gasteiger partial charge on any atom is -0.496 e. The van der Waals surface area contributed by atoms with Gasteiger partial charge >= 0.3 is 6.03 Å². The number of carbonyl (C=O) groups is 1. The fourth-order valence-electron chi connectivity index (χ4n) is 3.02. The molecule has 4 heteroatoms. The summed E-state index contributed by atoms with van der Waals surface area (Å²) in [6.45, 7) is 1.22. The summed E-state index contributed by atoms with van der Waals surface area (Å²) in [7, 11) is 1.64. The molecule has 0 saturated carbocycles. The van der Waals surface area contributed by atoms with Crippen molar-refractivity contribution in [1.82, 2.24) is 5.32 Å². The van der Waals surface area contributed by atoms with Crippen molar-refractivity contribution in [2.45, 2.75) is 25.8 Å². The zero-order valence-electron chi connectivity index (χ0n) is 13.4. The molecule has 1 heterocycles. The first-order chi connectivity index (χ1) is 11.3. The van der Waals surface area contributed by atoms with Crippen LogP contribution in [0.25, 0.3) is 0 Å². The zero-order chi connectivity index (χ0) is 16.1. The maximum absolute atomic E-state index is 12.7. The molecule has 0 radical (unpaired) electrons. The van der Waals surface area contributed by atoms with Crippen molar-refractivity contribution < 1.29 is 9.53 Å². The van der Waals surface area contributed by atoms with Crippen LogP contribution >= 0.6 is 0 Å². The van der Waals surface area contributed by atoms with Crippen LogP contribution in [-0.2, 0) is 13.0 Å². The van der Waals surface area contributed by atoms with Crippen LogP contribution in [0.1, 0.15) is 24.0 Å². The number of ether oxygens (including phenoxy) is 1. The van der Waals surface area contributed by atoms with E-state index in [-0.39, 0.29) is 6.03 Å². The van der Waals surface area contributed by atoms with E-state index in [4.69, 9.17) is 4.74 Å². The van der Waals surface area contributed by atoms with Crippen LogP contribution in [0.4, 0.5) is 10.5 Å². The van der Waals surface area contributed by atoms with Crippen molar-refractivity contribution in [3.05, 3.63) is 59.7 Å². The lowest BCUT2D eigenvalue weighted by Crippen LogP contribution is -2.40. The van der Waals surface area contributed by atoms with Gasteiger partial charge in [-0.05, 0) is 37.0 Å². The fourth-order valence-corrected chi connectivity index (χ4v) is 3.02. The van der Waals surface area contributed by atoms with E-state index in [1.807, 2.05) is 47.4 Å². The van der Waals surface area contributed by atoms with Crippen molar-refractivity contribution in [2.75, 3.05) is 18.6 Å². The number of nitrogens with zero attached hydrogens (tertiary/aromatic N) is 1. The van der Waals surface area contributed by atoms with E-state index in [9.17, 15) is 4.79 Å². The molecule has 1 aliphatic heterocycles. The Morgan fingerprint density at radius 2 is 1.91 bits per heavy atom. The van der Waals surface area contributed by atoms with Gasteiger partial charge in [0.1, 0.15) is 5.75 Å². The summed E-state index contributed by atoms with van der Waals surface area (Å²) in [5, 5.41) is 3.02. The number of fused-ring (bicyclic) bond motifs is 1. The highest BCUT2D eigenvalue weighted by molar-refractivity contribution is 5.93. The molecule has 1 aliphatic rings. The minimum atomic E-state index is -0.0507. The molecule has 0 aliphatic carbocycles. The van der Waals surface area contributed by atoms with E-state index in [0.717, 1.165) is 42.8 Å². The summed E-state index contributed by atoms with van der Waals surface area (Å²) in [6, 6.07) is 15.9. The van der Waals surface area contributed by atoms with Gasteiger partial charge in [-0.15, -0.1) is 0 Å². The predicted octanol–water partition coefficient (Wildman–Crippen LogP) is 3.75. The first-order valence-electron chi connectivity index (χ1n) is 8.05. The van der Waals surface area contributed by atoms with Gasteiger partial charge in [0, 0.05) is 24.3 Å². The minimum absolute atomic E-state index is 0.0507. The Morgan fingerprint density at radius 3 is 2.78 bits per heavy atom. The highest BCUT2D eigenvalue weighted by Gasteiger charge is 2.20. The molecular formula is C19H22N2O2. The summed E-state index contributed by atoms with van der Waals surface area (Å²) in [5.41, 5.74) is 3.26. The smallest absolute Gasteiger partial charge is 0.322 e. The summed E-state index contributed by atoms with van der Waals surface area (Å²) < 4.78 is 5.33. The number of methoxy groups -OCH3 is 1. The van der Waals surface area contributed by atoms with E-state index in [2.05, 4.69) is 11.4 Å². The van der Waals surface area contributed by atoms with Crippen molar-refractivity contribution in [3.8, 4) is 5.75 Å². The first kappa shape index (κ1) is 15.4. The predicted molar refractivity (Wildman–Crippen MR) is 92.0 cm³/mol. The van der Waals surface area contributed by atoms with Crippen LogP contribution in [0.2, 0.25) is 0 Å². The maximum Gasteiger partial charge on any atom is 0.322 e. The van der Waals surface area contributed by atoms with E-state index < -0.39 is 0 Å². The standard InChI is InChI=1S/C19H22N2O2/c1-23-18-12-5-3-10-16(18)14-20-19(22)21-13-7-6-9-15-8-2-4-11-17(15)21/h2-5,8,10-12H,6-7,9,13-14H2,1H3,(H,20,22). The van der Waals surface area contributed by atoms with E-state index in [1.54, 1.807) is 7.11 Å². The number of aryl methyl sites for hydroxylation is 1. The molecule has 0 spiro atoms. The van der Waals surface area contributed by atoms with Gasteiger partial charge in [-0.2, -0.15) is 0 Å². The quantitative estimate of drug-likeness (QED) is 0.938. The molecule has 2 aromatic rings. The zero-order valence-corrected chi connectivity index (χ0v) is 13.4. The first-order valence-corrected chi connectivity index (χ1v) is 8.05. The number of benzene rings is 2. The topological polar surface area (TPSA) is 41.6 Å². The Labute approximate surface area is 137 Å². The lowest BCUT2D eigenvalue weighted by molar-refractivity contribution is 0.245. The molecule has 2 amide bonds. The number of hydrogen-bond acceptors (Lipinski definition) is 2. The van der Waals surface area contributed by atoms with Crippen LogP contribution in [0.15, 0.2) is 48.5 Å². The number of nitrogens with one attached hydrogen (secondary N) is 1. The largest absolute Gasteiger partial charge is 0.496 e. The number of carbonyl (C=O) groups excluding carboxylic acids is 1. The molecule has 0 aromatic heterocycles. The molecule has 0 saturated heterocycles. The molecule has 23 heavy (non-hydrogen) atoms. The highest BCUT2D eigenvalue weighted by Crippen LogP contribution is 2.26. The van der Waals surface area contributed by atoms with Gasteiger partial charge in [0.15, 0.2) is 0 Å². The number of amides is 2. The second-order valence-electron chi connectivity index (χ2n) is 5.71. The molecule has 0 bridgehead atoms. The lowest BCUT2D eigenvalue weighted by atomic mass is 10.1. The molecule has 0 atom stereocenters. The normalized spacial score (nSPS) is 13.9. The summed E-state index contributed by atoms with van der Waals surface area (Å²) >= 11 is 0. The summed E-state index contributed by atoms with van der Waals surface area (Å²) in [6.07, 6.45) is 3.18. The molecule has 120 valence electrons. The van der Waals surface area contributed by atoms with Crippen LogP contribution < -0.4 is 15.0 Å². The average Bonchev–Trinajstić information content (AvgIpc) is 2.82. The van der Waals surface area contributed by atoms with Gasteiger partial charge in [-0.1, -0.05) is 36.4 Å². The van der Waals surface area contributed by atoms with Gasteiger partial charge in [-0.25, -0.2) is 4.79 Å². The SMILES string of the molecule is COc1ccccc1CNC(=O)N1CCCCc2ccccc21. The van der Waals surface area contributed by atoms with Crippen LogP contribution in [0, 0.1) is 0 Å². The Kier molecular flexibility index (Phi) is 4.81. The van der Waals surface area contributed by atoms with Gasteiger partial charge in [0.25, 0.3) is 0 Å². The highest BCUT2D eigenvalue weighted by atomic mass is 16.5. The molecule has 0 fully saturated rings. The molecule has 4 nitrogen and oxygen atoms in total. The Balaban J connectivity index is 1.73. The molecule has 2 aromatic carbocycles. The van der Waals surface area contributed by atoms with Crippen LogP contribution in [-0.4, -0.2) is 19.7 Å². The number of para-hydroxylation sites is 2. The molecule has 0 unspecified atom stereocenters. The Hall–Kier alpha value is -2.49. The molecule has 1 N–H and O–H groups in total. The lowest BCUT2D eigenvalue weighted by Gasteiger charge is -2.23. The Bertz CT molecular complexity index is 685. The summed E-state index contributed by atoms with van der Waals surface area (Å²) in [4.78, 5) is 14.5. The van der Waals surface area contributed by atoms with Gasteiger partial charge in [0.2, 0.25) is 0 Å². The third-order valence-electron chi connectivity index (χ3n) is 4.23. The van der Waals surface area contributed by atoms with Gasteiger partial charge < -0.3 is 10.1 Å². The number of rotatable bonds is 3. The second-order valence-corrected chi connectivity index (χ2v) is 5.71. The molecule has 3 rings (SSSR count). The van der Waals surface area contributed by atoms with Crippen molar-refractivity contribution in [3.63, 3.8) is 0 Å². The van der Waals surface area contributed by atoms with Gasteiger partial charge in [-0.3, -0.25) is 4.90 Å². The number of hydrogen-bond donors (Lipinski definition) is 1. The van der Waals surface area contributed by atoms with Gasteiger partial charge in [0.05, 0.1) is 7.11 Å². The van der Waals surface area contributed by atoms with Crippen molar-refractivity contribution in [2.24, 2.45) is 0 Å². The monoisotopic (exact) mass is 310 g/mol. The molecular weight excluding hydrogens is 288 g/mol. The number of urea groups is 1. The second kappa shape index (κ2) is 7.18. The maximum atomic E-state index is 12.7. The number of anilines is 1. The van der Waals surface area contributed by atoms with E-state index >= 15 is 0 Å². The van der Waals surface area contributed by atoms with Crippen LogP contribution in [0.5, 0.6) is 5.75 Å². The third kappa shape index (κ3) is 3.47. The Morgan fingerprint density at radius 1 is 1.13 bits per heavy atom. The van der Waals surface area contributed by atoms with Crippen LogP contribution in [0.3, 0.4) is 0 Å². The average molecular weight is 310 g/mol. The van der Waals surface area contributed by atoms with Crippen molar-refractivity contribution >= 4 is 11.7 Å². The van der Waals surface area contributed by atoms with Crippen molar-refractivity contribution in [1.29, 1.82) is 0 Å². The van der Waals surface area contributed by atoms with E-state index in [0.29, 0.717) is 6.54 Å². The summed E-state index contributed by atoms with van der Waals surface area (Å²) in [5.74, 6) is 0.795.